The Kier molecular flexibility index (Phi) is 7.50. The molecule has 0 heterocycles. The molecule has 0 aromatic carbocycles. The number of hydrogen-bond donors (Lipinski definition) is 0. The summed E-state index contributed by atoms with van der Waals surface area (Å²) in [5.74, 6) is 0.736. The molecule has 0 aliphatic carbocycles. The molecule has 74 valence electrons. The van der Waals surface area contributed by atoms with Crippen LogP contribution in [0.4, 0.5) is 0 Å². The molecular weight excluding hydrogens is 182 g/mol. The van der Waals surface area contributed by atoms with Crippen LogP contribution in [0.2, 0.25) is 0 Å². The quantitative estimate of drug-likeness (QED) is 0.372. The number of hydrogen-bond acceptors (Lipinski definition) is 3. The van der Waals surface area contributed by atoms with Gasteiger partial charge in [0.2, 0.25) is 0 Å². The highest BCUT2D eigenvalue weighted by Gasteiger charge is 1.99. The molecule has 0 N–H and O–H groups in total. The zero-order chi connectivity index (χ0) is 10.1. The molecule has 0 saturated carbocycles. The SMILES string of the molecule is C=CC(OC)=C(N=CCCC)SC. The molecule has 2 nitrogen and oxygen atoms in total. The van der Waals surface area contributed by atoms with Gasteiger partial charge in [0.25, 0.3) is 0 Å². The number of methoxy groups -OCH3 is 1. The molecule has 0 saturated heterocycles. The summed E-state index contributed by atoms with van der Waals surface area (Å²) < 4.78 is 5.11. The summed E-state index contributed by atoms with van der Waals surface area (Å²) in [6.45, 7) is 5.78. The molecule has 0 amide bonds. The third kappa shape index (κ3) is 4.78. The topological polar surface area (TPSA) is 21.6 Å². The molecule has 0 bridgehead atoms. The van der Waals surface area contributed by atoms with Gasteiger partial charge in [0.05, 0.1) is 7.11 Å². The highest BCUT2D eigenvalue weighted by Crippen LogP contribution is 2.19. The van der Waals surface area contributed by atoms with Gasteiger partial charge < -0.3 is 4.74 Å². The number of thioether (sulfide) groups is 1. The Hall–Kier alpha value is -0.700. The van der Waals surface area contributed by atoms with Gasteiger partial charge in [-0.15, -0.1) is 11.8 Å². The Morgan fingerprint density at radius 2 is 2.31 bits per heavy atom. The molecule has 0 atom stereocenters. The monoisotopic (exact) mass is 199 g/mol. The van der Waals surface area contributed by atoms with Gasteiger partial charge in [0, 0.05) is 6.21 Å². The number of ether oxygens (including phenoxy) is 1. The Balaban J connectivity index is 4.45. The number of allylic oxidation sites excluding steroid dienone is 1. The van der Waals surface area contributed by atoms with E-state index in [2.05, 4.69) is 18.5 Å². The van der Waals surface area contributed by atoms with E-state index in [4.69, 9.17) is 4.74 Å². The third-order valence-electron chi connectivity index (χ3n) is 1.44. The van der Waals surface area contributed by atoms with Crippen LogP contribution in [0.25, 0.3) is 0 Å². The van der Waals surface area contributed by atoms with E-state index in [1.807, 2.05) is 12.5 Å². The van der Waals surface area contributed by atoms with Crippen LogP contribution in [0.3, 0.4) is 0 Å². The Bertz CT molecular complexity index is 209. The lowest BCUT2D eigenvalue weighted by molar-refractivity contribution is 0.305. The van der Waals surface area contributed by atoms with E-state index in [1.165, 1.54) is 0 Å². The van der Waals surface area contributed by atoms with Crippen LogP contribution in [0.5, 0.6) is 0 Å². The molecule has 0 aromatic heterocycles. The molecule has 0 radical (unpaired) electrons. The van der Waals surface area contributed by atoms with Crippen LogP contribution >= 0.6 is 11.8 Å². The predicted octanol–water partition coefficient (Wildman–Crippen LogP) is 3.22. The standard InChI is InChI=1S/C10H17NOS/c1-5-7-8-11-10(13-4)9(6-2)12-3/h6,8H,2,5,7H2,1,3-4H3. The van der Waals surface area contributed by atoms with Crippen molar-refractivity contribution in [3.05, 3.63) is 23.4 Å². The first kappa shape index (κ1) is 12.3. The second kappa shape index (κ2) is 7.92. The lowest BCUT2D eigenvalue weighted by Gasteiger charge is -2.03. The van der Waals surface area contributed by atoms with Crippen LogP contribution in [0.1, 0.15) is 19.8 Å². The van der Waals surface area contributed by atoms with Crippen molar-refractivity contribution < 1.29 is 4.74 Å². The molecule has 0 unspecified atom stereocenters. The Morgan fingerprint density at radius 1 is 1.62 bits per heavy atom. The van der Waals surface area contributed by atoms with Gasteiger partial charge in [-0.1, -0.05) is 19.9 Å². The molecule has 0 spiro atoms. The van der Waals surface area contributed by atoms with Gasteiger partial charge in [-0.05, 0) is 18.8 Å². The zero-order valence-electron chi connectivity index (χ0n) is 8.54. The maximum absolute atomic E-state index is 5.11. The van der Waals surface area contributed by atoms with Gasteiger partial charge >= 0.3 is 0 Å². The second-order valence-electron chi connectivity index (χ2n) is 2.38. The highest BCUT2D eigenvalue weighted by atomic mass is 32.2. The summed E-state index contributed by atoms with van der Waals surface area (Å²) in [6.07, 6.45) is 7.67. The van der Waals surface area contributed by atoms with Gasteiger partial charge in [-0.25, -0.2) is 0 Å². The van der Waals surface area contributed by atoms with Crippen molar-refractivity contribution in [2.24, 2.45) is 4.99 Å². The van der Waals surface area contributed by atoms with Gasteiger partial charge in [-0.2, -0.15) is 0 Å². The number of rotatable bonds is 6. The molecule has 0 fully saturated rings. The number of aliphatic imine (C=N–C) groups is 1. The minimum absolute atomic E-state index is 0.736. The number of unbranched alkanes of at least 4 members (excludes halogenated alkanes) is 1. The highest BCUT2D eigenvalue weighted by molar-refractivity contribution is 8.02. The summed E-state index contributed by atoms with van der Waals surface area (Å²) in [4.78, 5) is 4.30. The number of nitrogens with zero attached hydrogens (tertiary/aromatic N) is 1. The summed E-state index contributed by atoms with van der Waals surface area (Å²) in [6, 6.07) is 0. The predicted molar refractivity (Wildman–Crippen MR) is 61.1 cm³/mol. The lowest BCUT2D eigenvalue weighted by atomic mass is 10.4. The fourth-order valence-corrected chi connectivity index (χ4v) is 1.30. The van der Waals surface area contributed by atoms with Gasteiger partial charge in [0.15, 0.2) is 0 Å². The molecule has 0 aliphatic heterocycles. The van der Waals surface area contributed by atoms with Crippen molar-refractivity contribution in [3.8, 4) is 0 Å². The summed E-state index contributed by atoms with van der Waals surface area (Å²) in [5, 5.41) is 0.881. The van der Waals surface area contributed by atoms with E-state index < -0.39 is 0 Å². The lowest BCUT2D eigenvalue weighted by Crippen LogP contribution is -1.86. The fraction of sp³-hybridized carbons (Fsp3) is 0.500. The molecule has 3 heteroatoms. The van der Waals surface area contributed by atoms with Crippen molar-refractivity contribution >= 4 is 18.0 Å². The molecule has 0 rings (SSSR count). The first-order valence-corrected chi connectivity index (χ1v) is 5.49. The van der Waals surface area contributed by atoms with E-state index in [9.17, 15) is 0 Å². The minimum atomic E-state index is 0.736. The van der Waals surface area contributed by atoms with Gasteiger partial charge in [-0.3, -0.25) is 4.99 Å². The van der Waals surface area contributed by atoms with Crippen molar-refractivity contribution in [2.75, 3.05) is 13.4 Å². The summed E-state index contributed by atoms with van der Waals surface area (Å²) >= 11 is 1.56. The van der Waals surface area contributed by atoms with Crippen LogP contribution in [-0.4, -0.2) is 19.6 Å². The maximum Gasteiger partial charge on any atom is 0.150 e. The summed E-state index contributed by atoms with van der Waals surface area (Å²) in [5.41, 5.74) is 0. The van der Waals surface area contributed by atoms with Crippen LogP contribution < -0.4 is 0 Å². The molecule has 13 heavy (non-hydrogen) atoms. The van der Waals surface area contributed by atoms with Crippen molar-refractivity contribution in [1.82, 2.24) is 0 Å². The Labute approximate surface area is 84.8 Å². The normalized spacial score (nSPS) is 12.8. The largest absolute Gasteiger partial charge is 0.494 e. The fourth-order valence-electron chi connectivity index (χ4n) is 0.751. The van der Waals surface area contributed by atoms with E-state index in [-0.39, 0.29) is 0 Å². The minimum Gasteiger partial charge on any atom is -0.494 e. The van der Waals surface area contributed by atoms with E-state index in [0.717, 1.165) is 23.6 Å². The molecule has 0 aliphatic rings. The van der Waals surface area contributed by atoms with Crippen LogP contribution in [-0.2, 0) is 4.74 Å². The second-order valence-corrected chi connectivity index (χ2v) is 3.18. The van der Waals surface area contributed by atoms with Gasteiger partial charge in [0.1, 0.15) is 10.8 Å². The Morgan fingerprint density at radius 3 is 2.69 bits per heavy atom. The molecule has 0 aromatic rings. The maximum atomic E-state index is 5.11. The van der Waals surface area contributed by atoms with Crippen LogP contribution in [0.15, 0.2) is 28.4 Å². The van der Waals surface area contributed by atoms with E-state index in [0.29, 0.717) is 0 Å². The molecular formula is C10H17NOS. The third-order valence-corrected chi connectivity index (χ3v) is 2.13. The first-order chi connectivity index (χ1) is 6.29. The van der Waals surface area contributed by atoms with Crippen molar-refractivity contribution in [3.63, 3.8) is 0 Å². The summed E-state index contributed by atoms with van der Waals surface area (Å²) in [7, 11) is 1.63. The average molecular weight is 199 g/mol. The van der Waals surface area contributed by atoms with E-state index >= 15 is 0 Å². The smallest absolute Gasteiger partial charge is 0.150 e. The van der Waals surface area contributed by atoms with Crippen LogP contribution in [0, 0.1) is 0 Å². The van der Waals surface area contributed by atoms with Crippen molar-refractivity contribution in [2.45, 2.75) is 19.8 Å². The zero-order valence-corrected chi connectivity index (χ0v) is 9.36. The first-order valence-electron chi connectivity index (χ1n) is 4.27. The van der Waals surface area contributed by atoms with E-state index in [1.54, 1.807) is 24.9 Å². The average Bonchev–Trinajstić information content (AvgIpc) is 2.17. The van der Waals surface area contributed by atoms with Crippen molar-refractivity contribution in [1.29, 1.82) is 0 Å².